The molecule has 0 saturated heterocycles. The third kappa shape index (κ3) is 2.78. The molecule has 0 bridgehead atoms. The molecule has 1 heterocycles. The van der Waals surface area contributed by atoms with Crippen LogP contribution in [0.1, 0.15) is 24.5 Å². The Morgan fingerprint density at radius 2 is 1.90 bits per heavy atom. The quantitative estimate of drug-likeness (QED) is 0.911. The highest BCUT2D eigenvalue weighted by Crippen LogP contribution is 2.38. The van der Waals surface area contributed by atoms with Crippen molar-refractivity contribution in [3.8, 4) is 0 Å². The monoisotopic (exact) mass is 300 g/mol. The van der Waals surface area contributed by atoms with Gasteiger partial charge >= 0.3 is 0 Å². The maximum Gasteiger partial charge on any atom is 0.0459 e. The second-order valence-electron chi connectivity index (χ2n) is 5.64. The van der Waals surface area contributed by atoms with E-state index in [0.29, 0.717) is 0 Å². The standard InChI is InChI=1S/C18H21ClN2/c1-2-14(20)12-15-16(19)7-5-9-18(15)21-11-10-13-6-3-4-8-17(13)21/h3-9,14H,2,10-12,20H2,1H3. The highest BCUT2D eigenvalue weighted by atomic mass is 35.5. The van der Waals surface area contributed by atoms with E-state index in [4.69, 9.17) is 17.3 Å². The Balaban J connectivity index is 2.02. The molecule has 2 aromatic carbocycles. The van der Waals surface area contributed by atoms with Gasteiger partial charge in [0.25, 0.3) is 0 Å². The maximum atomic E-state index is 6.45. The number of nitrogens with two attached hydrogens (primary N) is 1. The molecule has 0 amide bonds. The van der Waals surface area contributed by atoms with Gasteiger partial charge in [0.15, 0.2) is 0 Å². The summed E-state index contributed by atoms with van der Waals surface area (Å²) in [6, 6.07) is 14.9. The van der Waals surface area contributed by atoms with Gasteiger partial charge in [-0.1, -0.05) is 42.8 Å². The Kier molecular flexibility index (Phi) is 4.18. The lowest BCUT2D eigenvalue weighted by atomic mass is 10.0. The molecule has 0 fully saturated rings. The van der Waals surface area contributed by atoms with E-state index in [1.165, 1.54) is 22.5 Å². The van der Waals surface area contributed by atoms with Gasteiger partial charge in [-0.25, -0.2) is 0 Å². The van der Waals surface area contributed by atoms with E-state index < -0.39 is 0 Å². The molecular formula is C18H21ClN2. The first-order valence-corrected chi connectivity index (χ1v) is 7.97. The number of hydrogen-bond acceptors (Lipinski definition) is 2. The van der Waals surface area contributed by atoms with E-state index in [2.05, 4.69) is 42.2 Å². The average Bonchev–Trinajstić information content (AvgIpc) is 2.93. The van der Waals surface area contributed by atoms with Crippen molar-refractivity contribution >= 4 is 23.0 Å². The Bertz CT molecular complexity index is 639. The van der Waals surface area contributed by atoms with Crippen LogP contribution in [0.3, 0.4) is 0 Å². The second-order valence-corrected chi connectivity index (χ2v) is 6.05. The molecule has 3 heteroatoms. The largest absolute Gasteiger partial charge is 0.341 e. The van der Waals surface area contributed by atoms with E-state index >= 15 is 0 Å². The average molecular weight is 301 g/mol. The zero-order valence-corrected chi connectivity index (χ0v) is 13.1. The van der Waals surface area contributed by atoms with Gasteiger partial charge < -0.3 is 10.6 Å². The first-order chi connectivity index (χ1) is 10.2. The fourth-order valence-electron chi connectivity index (χ4n) is 3.00. The van der Waals surface area contributed by atoms with E-state index in [-0.39, 0.29) is 6.04 Å². The molecule has 2 nitrogen and oxygen atoms in total. The van der Waals surface area contributed by atoms with Crippen molar-refractivity contribution in [1.82, 2.24) is 0 Å². The summed E-state index contributed by atoms with van der Waals surface area (Å²) in [4.78, 5) is 2.37. The first kappa shape index (κ1) is 14.4. The summed E-state index contributed by atoms with van der Waals surface area (Å²) in [5, 5.41) is 0.820. The first-order valence-electron chi connectivity index (χ1n) is 7.59. The molecule has 21 heavy (non-hydrogen) atoms. The SMILES string of the molecule is CCC(N)Cc1c(Cl)cccc1N1CCc2ccccc21. The number of rotatable bonds is 4. The molecular weight excluding hydrogens is 280 g/mol. The molecule has 110 valence electrons. The van der Waals surface area contributed by atoms with Gasteiger partial charge in [0.1, 0.15) is 0 Å². The van der Waals surface area contributed by atoms with Crippen molar-refractivity contribution < 1.29 is 0 Å². The van der Waals surface area contributed by atoms with E-state index in [0.717, 1.165) is 30.8 Å². The second kappa shape index (κ2) is 6.08. The summed E-state index contributed by atoms with van der Waals surface area (Å²) in [5.41, 5.74) is 11.2. The van der Waals surface area contributed by atoms with Crippen LogP contribution in [0.2, 0.25) is 5.02 Å². The highest BCUT2D eigenvalue weighted by Gasteiger charge is 2.23. The van der Waals surface area contributed by atoms with Gasteiger partial charge in [-0.15, -0.1) is 0 Å². The number of halogens is 1. The van der Waals surface area contributed by atoms with Crippen LogP contribution >= 0.6 is 11.6 Å². The minimum absolute atomic E-state index is 0.154. The molecule has 2 N–H and O–H groups in total. The predicted octanol–water partition coefficient (Wildman–Crippen LogP) is 4.31. The number of hydrogen-bond donors (Lipinski definition) is 1. The minimum atomic E-state index is 0.154. The Morgan fingerprint density at radius 1 is 1.14 bits per heavy atom. The third-order valence-electron chi connectivity index (χ3n) is 4.26. The number of fused-ring (bicyclic) bond motifs is 1. The summed E-state index contributed by atoms with van der Waals surface area (Å²) in [5.74, 6) is 0. The summed E-state index contributed by atoms with van der Waals surface area (Å²) in [7, 11) is 0. The molecule has 2 aromatic rings. The molecule has 1 unspecified atom stereocenters. The zero-order valence-electron chi connectivity index (χ0n) is 12.3. The van der Waals surface area contributed by atoms with Gasteiger partial charge in [0.2, 0.25) is 0 Å². The number of benzene rings is 2. The number of anilines is 2. The van der Waals surface area contributed by atoms with Crippen LogP contribution < -0.4 is 10.6 Å². The smallest absolute Gasteiger partial charge is 0.0459 e. The minimum Gasteiger partial charge on any atom is -0.341 e. The maximum absolute atomic E-state index is 6.45. The van der Waals surface area contributed by atoms with Gasteiger partial charge in [-0.2, -0.15) is 0 Å². The van der Waals surface area contributed by atoms with Crippen LogP contribution in [-0.2, 0) is 12.8 Å². The lowest BCUT2D eigenvalue weighted by Crippen LogP contribution is -2.24. The van der Waals surface area contributed by atoms with Crippen molar-refractivity contribution in [2.24, 2.45) is 5.73 Å². The molecule has 3 rings (SSSR count). The molecule has 1 atom stereocenters. The van der Waals surface area contributed by atoms with Crippen molar-refractivity contribution in [1.29, 1.82) is 0 Å². The fraction of sp³-hybridized carbons (Fsp3) is 0.333. The van der Waals surface area contributed by atoms with Crippen molar-refractivity contribution in [2.75, 3.05) is 11.4 Å². The van der Waals surface area contributed by atoms with Crippen LogP contribution in [0.15, 0.2) is 42.5 Å². The molecule has 1 aliphatic rings. The van der Waals surface area contributed by atoms with Crippen molar-refractivity contribution in [2.45, 2.75) is 32.2 Å². The lowest BCUT2D eigenvalue weighted by molar-refractivity contribution is 0.646. The van der Waals surface area contributed by atoms with Crippen LogP contribution in [0, 0.1) is 0 Å². The van der Waals surface area contributed by atoms with Gasteiger partial charge in [0, 0.05) is 29.0 Å². The lowest BCUT2D eigenvalue weighted by Gasteiger charge is -2.24. The molecule has 0 aliphatic carbocycles. The Labute approximate surface area is 131 Å². The number of nitrogens with zero attached hydrogens (tertiary/aromatic N) is 1. The van der Waals surface area contributed by atoms with E-state index in [1.807, 2.05) is 12.1 Å². The van der Waals surface area contributed by atoms with Crippen LogP contribution in [0.25, 0.3) is 0 Å². The van der Waals surface area contributed by atoms with Crippen LogP contribution in [0.5, 0.6) is 0 Å². The molecule has 0 radical (unpaired) electrons. The van der Waals surface area contributed by atoms with E-state index in [1.54, 1.807) is 0 Å². The van der Waals surface area contributed by atoms with Gasteiger partial charge in [0.05, 0.1) is 0 Å². The highest BCUT2D eigenvalue weighted by molar-refractivity contribution is 6.31. The van der Waals surface area contributed by atoms with Crippen molar-refractivity contribution in [3.05, 3.63) is 58.6 Å². The summed E-state index contributed by atoms with van der Waals surface area (Å²) in [6.45, 7) is 3.13. The summed E-state index contributed by atoms with van der Waals surface area (Å²) >= 11 is 6.45. The fourth-order valence-corrected chi connectivity index (χ4v) is 3.24. The van der Waals surface area contributed by atoms with Gasteiger partial charge in [-0.3, -0.25) is 0 Å². The van der Waals surface area contributed by atoms with Crippen LogP contribution in [0.4, 0.5) is 11.4 Å². The summed E-state index contributed by atoms with van der Waals surface area (Å²) in [6.07, 6.45) is 2.87. The molecule has 0 aromatic heterocycles. The Morgan fingerprint density at radius 3 is 2.71 bits per heavy atom. The zero-order chi connectivity index (χ0) is 14.8. The normalized spacial score (nSPS) is 15.1. The Hall–Kier alpha value is -1.51. The summed E-state index contributed by atoms with van der Waals surface area (Å²) < 4.78 is 0. The van der Waals surface area contributed by atoms with Crippen LogP contribution in [-0.4, -0.2) is 12.6 Å². The van der Waals surface area contributed by atoms with E-state index in [9.17, 15) is 0 Å². The van der Waals surface area contributed by atoms with Gasteiger partial charge in [-0.05, 0) is 48.6 Å². The van der Waals surface area contributed by atoms with Crippen molar-refractivity contribution in [3.63, 3.8) is 0 Å². The molecule has 0 spiro atoms. The molecule has 0 saturated carbocycles. The predicted molar refractivity (Wildman–Crippen MR) is 90.6 cm³/mol. The topological polar surface area (TPSA) is 29.3 Å². The number of para-hydroxylation sites is 1. The third-order valence-corrected chi connectivity index (χ3v) is 4.62. The molecule has 1 aliphatic heterocycles.